The molecule has 1 unspecified atom stereocenters. The highest BCUT2D eigenvalue weighted by molar-refractivity contribution is 7.09. The number of amides is 1. The Bertz CT molecular complexity index is 1160. The Morgan fingerprint density at radius 2 is 2.00 bits per heavy atom. The van der Waals surface area contributed by atoms with Gasteiger partial charge in [0.25, 0.3) is 12.3 Å². The average molecular weight is 546 g/mol. The van der Waals surface area contributed by atoms with Gasteiger partial charge < -0.3 is 10.1 Å². The van der Waals surface area contributed by atoms with Crippen LogP contribution >= 0.6 is 34.5 Å². The molecule has 4 rings (SSSR count). The molecule has 1 aromatic carbocycles. The van der Waals surface area contributed by atoms with E-state index in [2.05, 4.69) is 20.3 Å². The molecular weight excluding hydrogens is 526 g/mol. The standard InChI is InChI=1S/C22H20Cl2F3N5O2S/c23-13-2-1-3-14(25)17(13)21(33)29-10-15(19-18(20(26)27)30-11-35-19)32-8-5-12(6-9-32)34-22-28-7-4-16(24)31-22/h1-4,7,11-12,15,20H,5-6,8-10H2,(H,29,33). The van der Waals surface area contributed by atoms with Gasteiger partial charge in [-0.25, -0.2) is 23.1 Å². The molecule has 3 aromatic rings. The predicted octanol–water partition coefficient (Wildman–Crippen LogP) is 5.33. The molecule has 3 heterocycles. The maximum atomic E-state index is 14.2. The van der Waals surface area contributed by atoms with Crippen LogP contribution in [0.5, 0.6) is 6.01 Å². The fourth-order valence-corrected chi connectivity index (χ4v) is 5.20. The second kappa shape index (κ2) is 11.5. The minimum Gasteiger partial charge on any atom is -0.460 e. The second-order valence-electron chi connectivity index (χ2n) is 7.74. The van der Waals surface area contributed by atoms with E-state index in [1.54, 1.807) is 6.07 Å². The highest BCUT2D eigenvalue weighted by Gasteiger charge is 2.32. The molecule has 1 amide bonds. The van der Waals surface area contributed by atoms with Crippen LogP contribution in [-0.4, -0.2) is 51.5 Å². The first kappa shape index (κ1) is 25.6. The van der Waals surface area contributed by atoms with Crippen LogP contribution in [-0.2, 0) is 0 Å². The predicted molar refractivity (Wildman–Crippen MR) is 126 cm³/mol. The fraction of sp³-hybridized carbons (Fsp3) is 0.364. The van der Waals surface area contributed by atoms with E-state index in [-0.39, 0.29) is 40.1 Å². The molecule has 1 aliphatic heterocycles. The highest BCUT2D eigenvalue weighted by Crippen LogP contribution is 2.34. The Morgan fingerprint density at radius 3 is 2.69 bits per heavy atom. The zero-order chi connectivity index (χ0) is 24.9. The lowest BCUT2D eigenvalue weighted by Gasteiger charge is -2.37. The third-order valence-corrected chi connectivity index (χ3v) is 7.04. The first-order valence-electron chi connectivity index (χ1n) is 10.7. The number of carbonyl (C=O) groups excluding carboxylic acids is 1. The van der Waals surface area contributed by atoms with Crippen molar-refractivity contribution < 1.29 is 22.7 Å². The van der Waals surface area contributed by atoms with E-state index < -0.39 is 24.2 Å². The molecule has 7 nitrogen and oxygen atoms in total. The molecule has 0 spiro atoms. The third-order valence-electron chi connectivity index (χ3n) is 5.57. The molecule has 0 saturated carbocycles. The number of hydrogen-bond donors (Lipinski definition) is 1. The first-order chi connectivity index (χ1) is 16.8. The summed E-state index contributed by atoms with van der Waals surface area (Å²) in [6.07, 6.45) is -0.315. The lowest BCUT2D eigenvalue weighted by Crippen LogP contribution is -2.44. The van der Waals surface area contributed by atoms with Crippen LogP contribution in [0.3, 0.4) is 0 Å². The number of piperidine rings is 1. The number of nitrogens with zero attached hydrogens (tertiary/aromatic N) is 4. The number of rotatable bonds is 8. The van der Waals surface area contributed by atoms with Crippen molar-refractivity contribution in [1.29, 1.82) is 0 Å². The number of halogens is 5. The lowest BCUT2D eigenvalue weighted by molar-refractivity contribution is 0.0656. The van der Waals surface area contributed by atoms with Crippen molar-refractivity contribution in [2.45, 2.75) is 31.4 Å². The van der Waals surface area contributed by atoms with E-state index in [1.807, 2.05) is 4.90 Å². The van der Waals surface area contributed by atoms with Gasteiger partial charge in [0, 0.05) is 25.8 Å². The molecule has 186 valence electrons. The highest BCUT2D eigenvalue weighted by atomic mass is 35.5. The average Bonchev–Trinajstić information content (AvgIpc) is 3.30. The van der Waals surface area contributed by atoms with Gasteiger partial charge in [0.05, 0.1) is 27.0 Å². The Balaban J connectivity index is 1.47. The summed E-state index contributed by atoms with van der Waals surface area (Å²) in [4.78, 5) is 26.9. The molecule has 1 aliphatic rings. The molecule has 1 atom stereocenters. The van der Waals surface area contributed by atoms with E-state index in [9.17, 15) is 18.0 Å². The Morgan fingerprint density at radius 1 is 1.23 bits per heavy atom. The van der Waals surface area contributed by atoms with Gasteiger partial charge in [-0.15, -0.1) is 11.3 Å². The summed E-state index contributed by atoms with van der Waals surface area (Å²) >= 11 is 13.0. The van der Waals surface area contributed by atoms with E-state index in [4.69, 9.17) is 27.9 Å². The van der Waals surface area contributed by atoms with Crippen LogP contribution in [0.25, 0.3) is 0 Å². The SMILES string of the molecule is O=C(NCC(c1scnc1C(F)F)N1CCC(Oc2nccc(Cl)n2)CC1)c1c(F)cccc1Cl. The topological polar surface area (TPSA) is 80.2 Å². The summed E-state index contributed by atoms with van der Waals surface area (Å²) in [6.45, 7) is 0.952. The third kappa shape index (κ3) is 6.21. The summed E-state index contributed by atoms with van der Waals surface area (Å²) in [7, 11) is 0. The maximum Gasteiger partial charge on any atom is 0.318 e. The number of ether oxygens (including phenoxy) is 1. The van der Waals surface area contributed by atoms with Crippen molar-refractivity contribution in [2.24, 2.45) is 0 Å². The largest absolute Gasteiger partial charge is 0.460 e. The molecule has 13 heteroatoms. The van der Waals surface area contributed by atoms with E-state index in [1.165, 1.54) is 23.8 Å². The second-order valence-corrected chi connectivity index (χ2v) is 9.42. The summed E-state index contributed by atoms with van der Waals surface area (Å²) in [6, 6.07) is 5.05. The quantitative estimate of drug-likeness (QED) is 0.385. The number of nitrogens with one attached hydrogen (secondary N) is 1. The maximum absolute atomic E-state index is 14.2. The van der Waals surface area contributed by atoms with Crippen molar-refractivity contribution in [3.05, 3.63) is 68.1 Å². The number of alkyl halides is 2. The lowest BCUT2D eigenvalue weighted by atomic mass is 10.0. The van der Waals surface area contributed by atoms with Gasteiger partial charge in [0.2, 0.25) is 0 Å². The molecule has 1 saturated heterocycles. The Kier molecular flexibility index (Phi) is 8.42. The van der Waals surface area contributed by atoms with Crippen LogP contribution in [0.2, 0.25) is 10.2 Å². The summed E-state index contributed by atoms with van der Waals surface area (Å²) in [5, 5.41) is 2.88. The van der Waals surface area contributed by atoms with Gasteiger partial charge in [-0.05, 0) is 31.0 Å². The number of carbonyl (C=O) groups is 1. The number of thiazole rings is 1. The van der Waals surface area contributed by atoms with Crippen molar-refractivity contribution in [3.63, 3.8) is 0 Å². The Hall–Kier alpha value is -2.47. The number of benzene rings is 1. The van der Waals surface area contributed by atoms with E-state index in [0.29, 0.717) is 30.8 Å². The van der Waals surface area contributed by atoms with Gasteiger partial charge in [-0.2, -0.15) is 4.98 Å². The molecule has 0 radical (unpaired) electrons. The number of likely N-dealkylation sites (tertiary alicyclic amines) is 1. The van der Waals surface area contributed by atoms with E-state index in [0.717, 1.165) is 17.4 Å². The van der Waals surface area contributed by atoms with Crippen LogP contribution in [0, 0.1) is 5.82 Å². The monoisotopic (exact) mass is 545 g/mol. The molecule has 2 aromatic heterocycles. The van der Waals surface area contributed by atoms with Gasteiger partial charge in [-0.1, -0.05) is 29.3 Å². The van der Waals surface area contributed by atoms with Crippen LogP contribution in [0.15, 0.2) is 36.0 Å². The van der Waals surface area contributed by atoms with E-state index >= 15 is 0 Å². The van der Waals surface area contributed by atoms with Crippen LogP contribution in [0.1, 0.15) is 46.2 Å². The number of hydrogen-bond acceptors (Lipinski definition) is 7. The van der Waals surface area contributed by atoms with Crippen molar-refractivity contribution in [2.75, 3.05) is 19.6 Å². The molecule has 1 N–H and O–H groups in total. The summed E-state index contributed by atoms with van der Waals surface area (Å²) in [5.41, 5.74) is 0.731. The molecule has 35 heavy (non-hydrogen) atoms. The zero-order valence-electron chi connectivity index (χ0n) is 18.1. The number of aromatic nitrogens is 3. The summed E-state index contributed by atoms with van der Waals surface area (Å²) < 4.78 is 47.2. The van der Waals surface area contributed by atoms with Gasteiger partial charge in [0.15, 0.2) is 0 Å². The molecule has 0 bridgehead atoms. The molecule has 0 aliphatic carbocycles. The smallest absolute Gasteiger partial charge is 0.318 e. The normalized spacial score (nSPS) is 15.8. The molecular formula is C22H20Cl2F3N5O2S. The first-order valence-corrected chi connectivity index (χ1v) is 12.3. The Labute approximate surface area is 213 Å². The van der Waals surface area contributed by atoms with Crippen molar-refractivity contribution >= 4 is 40.4 Å². The van der Waals surface area contributed by atoms with Crippen molar-refractivity contribution in [1.82, 2.24) is 25.2 Å². The minimum atomic E-state index is -2.77. The summed E-state index contributed by atoms with van der Waals surface area (Å²) in [5.74, 6) is -1.49. The van der Waals surface area contributed by atoms with Gasteiger partial charge in [-0.3, -0.25) is 9.69 Å². The van der Waals surface area contributed by atoms with Gasteiger partial charge >= 0.3 is 6.01 Å². The van der Waals surface area contributed by atoms with Gasteiger partial charge in [0.1, 0.15) is 22.8 Å². The van der Waals surface area contributed by atoms with Crippen LogP contribution in [0.4, 0.5) is 13.2 Å². The van der Waals surface area contributed by atoms with Crippen molar-refractivity contribution in [3.8, 4) is 6.01 Å². The zero-order valence-corrected chi connectivity index (χ0v) is 20.5. The molecule has 1 fully saturated rings. The van der Waals surface area contributed by atoms with Crippen LogP contribution < -0.4 is 10.1 Å². The fourth-order valence-electron chi connectivity index (χ4n) is 3.89. The minimum absolute atomic E-state index is 0.0334.